The molecule has 2 aromatic rings. The molecule has 0 spiro atoms. The molecule has 0 saturated heterocycles. The Morgan fingerprint density at radius 1 is 1.27 bits per heavy atom. The van der Waals surface area contributed by atoms with E-state index in [4.69, 9.17) is 5.73 Å². The number of benzene rings is 1. The number of pyridine rings is 1. The fourth-order valence-corrected chi connectivity index (χ4v) is 1.88. The first-order valence-electron chi connectivity index (χ1n) is 5.34. The summed E-state index contributed by atoms with van der Waals surface area (Å²) in [4.78, 5) is 4.50. The van der Waals surface area contributed by atoms with Gasteiger partial charge in [-0.3, -0.25) is 4.98 Å². The van der Waals surface area contributed by atoms with E-state index in [1.807, 2.05) is 6.92 Å². The lowest BCUT2D eigenvalue weighted by molar-refractivity contribution is 1.06. The van der Waals surface area contributed by atoms with Crippen molar-refractivity contribution in [2.45, 2.75) is 26.8 Å². The molecule has 2 N–H and O–H groups in total. The molecule has 0 amide bonds. The molecule has 2 heteroatoms. The number of hydrogen-bond donors (Lipinski definition) is 1. The van der Waals surface area contributed by atoms with Crippen LogP contribution in [0.1, 0.15) is 23.7 Å². The van der Waals surface area contributed by atoms with Crippen LogP contribution in [0.3, 0.4) is 0 Å². The lowest BCUT2D eigenvalue weighted by Gasteiger charge is -2.07. The number of aromatic nitrogens is 1. The van der Waals surface area contributed by atoms with Gasteiger partial charge >= 0.3 is 0 Å². The largest absolute Gasteiger partial charge is 0.326 e. The predicted molar refractivity (Wildman–Crippen MR) is 63.7 cm³/mol. The third kappa shape index (κ3) is 1.85. The van der Waals surface area contributed by atoms with Crippen LogP contribution >= 0.6 is 0 Å². The fourth-order valence-electron chi connectivity index (χ4n) is 1.88. The fraction of sp³-hybridized carbons (Fsp3) is 0.308. The minimum Gasteiger partial charge on any atom is -0.326 e. The van der Waals surface area contributed by atoms with Crippen molar-refractivity contribution in [2.75, 3.05) is 0 Å². The van der Waals surface area contributed by atoms with Crippen molar-refractivity contribution in [3.8, 4) is 0 Å². The quantitative estimate of drug-likeness (QED) is 0.809. The van der Waals surface area contributed by atoms with E-state index in [2.05, 4.69) is 36.2 Å². The molecule has 0 saturated carbocycles. The van der Waals surface area contributed by atoms with Gasteiger partial charge in [0.15, 0.2) is 0 Å². The molecule has 0 bridgehead atoms. The number of rotatable bonds is 2. The van der Waals surface area contributed by atoms with Crippen LogP contribution in [0.5, 0.6) is 0 Å². The van der Waals surface area contributed by atoms with Crippen LogP contribution in [-0.4, -0.2) is 4.98 Å². The standard InChI is InChI=1S/C13H16N2/c1-3-10-4-5-13-12(7-10)11(8-14)6-9(2)15-13/h4-7H,3,8,14H2,1-2H3. The molecule has 0 aliphatic rings. The van der Waals surface area contributed by atoms with Gasteiger partial charge in [0, 0.05) is 17.6 Å². The summed E-state index contributed by atoms with van der Waals surface area (Å²) in [6.45, 7) is 4.74. The Kier molecular flexibility index (Phi) is 2.69. The van der Waals surface area contributed by atoms with E-state index in [0.29, 0.717) is 6.54 Å². The molecule has 2 nitrogen and oxygen atoms in total. The third-order valence-electron chi connectivity index (χ3n) is 2.72. The number of fused-ring (bicyclic) bond motifs is 1. The van der Waals surface area contributed by atoms with Gasteiger partial charge in [-0.05, 0) is 42.7 Å². The highest BCUT2D eigenvalue weighted by Crippen LogP contribution is 2.20. The summed E-state index contributed by atoms with van der Waals surface area (Å²) in [5.74, 6) is 0. The lowest BCUT2D eigenvalue weighted by Crippen LogP contribution is -2.00. The highest BCUT2D eigenvalue weighted by Gasteiger charge is 2.03. The van der Waals surface area contributed by atoms with Crippen LogP contribution in [0.25, 0.3) is 10.9 Å². The average Bonchev–Trinajstić information content (AvgIpc) is 2.27. The Hall–Kier alpha value is -1.41. The van der Waals surface area contributed by atoms with Gasteiger partial charge in [-0.25, -0.2) is 0 Å². The van der Waals surface area contributed by atoms with Crippen molar-refractivity contribution in [3.63, 3.8) is 0 Å². The van der Waals surface area contributed by atoms with Crippen molar-refractivity contribution in [1.29, 1.82) is 0 Å². The van der Waals surface area contributed by atoms with Crippen LogP contribution in [0.2, 0.25) is 0 Å². The van der Waals surface area contributed by atoms with Crippen LogP contribution in [-0.2, 0) is 13.0 Å². The van der Waals surface area contributed by atoms with E-state index in [1.165, 1.54) is 16.5 Å². The SMILES string of the molecule is CCc1ccc2nc(C)cc(CN)c2c1. The smallest absolute Gasteiger partial charge is 0.0708 e. The summed E-state index contributed by atoms with van der Waals surface area (Å²) < 4.78 is 0. The zero-order valence-electron chi connectivity index (χ0n) is 9.25. The monoisotopic (exact) mass is 200 g/mol. The summed E-state index contributed by atoms with van der Waals surface area (Å²) in [6, 6.07) is 8.49. The van der Waals surface area contributed by atoms with Gasteiger partial charge in [-0.2, -0.15) is 0 Å². The maximum absolute atomic E-state index is 5.75. The zero-order valence-corrected chi connectivity index (χ0v) is 9.25. The highest BCUT2D eigenvalue weighted by atomic mass is 14.7. The van der Waals surface area contributed by atoms with Gasteiger partial charge in [0.25, 0.3) is 0 Å². The predicted octanol–water partition coefficient (Wildman–Crippen LogP) is 2.56. The molecule has 2 rings (SSSR count). The van der Waals surface area contributed by atoms with E-state index < -0.39 is 0 Å². The van der Waals surface area contributed by atoms with Crippen molar-refractivity contribution in [3.05, 3.63) is 41.1 Å². The Morgan fingerprint density at radius 3 is 2.73 bits per heavy atom. The normalized spacial score (nSPS) is 10.9. The van der Waals surface area contributed by atoms with Crippen molar-refractivity contribution in [2.24, 2.45) is 5.73 Å². The van der Waals surface area contributed by atoms with Gasteiger partial charge < -0.3 is 5.73 Å². The number of nitrogens with zero attached hydrogens (tertiary/aromatic N) is 1. The van der Waals surface area contributed by atoms with Gasteiger partial charge in [0.05, 0.1) is 5.52 Å². The minimum absolute atomic E-state index is 0.576. The highest BCUT2D eigenvalue weighted by molar-refractivity contribution is 5.83. The molecule has 15 heavy (non-hydrogen) atoms. The number of aryl methyl sites for hydroxylation is 2. The van der Waals surface area contributed by atoms with E-state index in [0.717, 1.165) is 17.6 Å². The first kappa shape index (κ1) is 10.1. The molecule has 0 fully saturated rings. The Balaban J connectivity index is 2.73. The van der Waals surface area contributed by atoms with E-state index in [1.54, 1.807) is 0 Å². The Morgan fingerprint density at radius 2 is 2.07 bits per heavy atom. The number of nitrogens with two attached hydrogens (primary N) is 1. The molecule has 0 unspecified atom stereocenters. The molecule has 1 aromatic carbocycles. The van der Waals surface area contributed by atoms with E-state index in [9.17, 15) is 0 Å². The first-order chi connectivity index (χ1) is 7.24. The summed E-state index contributed by atoms with van der Waals surface area (Å²) in [7, 11) is 0. The van der Waals surface area contributed by atoms with Crippen molar-refractivity contribution >= 4 is 10.9 Å². The third-order valence-corrected chi connectivity index (χ3v) is 2.72. The molecule has 78 valence electrons. The van der Waals surface area contributed by atoms with E-state index >= 15 is 0 Å². The molecule has 0 aliphatic heterocycles. The van der Waals surface area contributed by atoms with Gasteiger partial charge in [-0.1, -0.05) is 13.0 Å². The molecule has 1 heterocycles. The minimum atomic E-state index is 0.576. The zero-order chi connectivity index (χ0) is 10.8. The number of hydrogen-bond acceptors (Lipinski definition) is 2. The second-order valence-corrected chi connectivity index (χ2v) is 3.83. The summed E-state index contributed by atoms with van der Waals surface area (Å²) in [5, 5.41) is 1.20. The topological polar surface area (TPSA) is 38.9 Å². The lowest BCUT2D eigenvalue weighted by atomic mass is 10.0. The van der Waals surface area contributed by atoms with Gasteiger partial charge in [0.2, 0.25) is 0 Å². The second-order valence-electron chi connectivity index (χ2n) is 3.83. The first-order valence-corrected chi connectivity index (χ1v) is 5.34. The molecule has 0 aliphatic carbocycles. The maximum atomic E-state index is 5.75. The van der Waals surface area contributed by atoms with Crippen LogP contribution in [0.4, 0.5) is 0 Å². The van der Waals surface area contributed by atoms with Crippen LogP contribution in [0, 0.1) is 6.92 Å². The molecular formula is C13H16N2. The van der Waals surface area contributed by atoms with Gasteiger partial charge in [-0.15, -0.1) is 0 Å². The Labute approximate surface area is 90.1 Å². The molecule has 0 radical (unpaired) electrons. The van der Waals surface area contributed by atoms with Crippen LogP contribution < -0.4 is 5.73 Å². The van der Waals surface area contributed by atoms with Crippen molar-refractivity contribution < 1.29 is 0 Å². The summed E-state index contributed by atoms with van der Waals surface area (Å²) in [5.41, 5.74) is 10.4. The maximum Gasteiger partial charge on any atom is 0.0708 e. The second kappa shape index (κ2) is 3.99. The molecule has 1 aromatic heterocycles. The average molecular weight is 200 g/mol. The molecular weight excluding hydrogens is 184 g/mol. The summed E-state index contributed by atoms with van der Waals surface area (Å²) in [6.07, 6.45) is 1.05. The van der Waals surface area contributed by atoms with Crippen LogP contribution in [0.15, 0.2) is 24.3 Å². The Bertz CT molecular complexity index is 489. The molecule has 0 atom stereocenters. The van der Waals surface area contributed by atoms with Gasteiger partial charge in [0.1, 0.15) is 0 Å². The van der Waals surface area contributed by atoms with Crippen molar-refractivity contribution in [1.82, 2.24) is 4.98 Å². The summed E-state index contributed by atoms with van der Waals surface area (Å²) >= 11 is 0. The van der Waals surface area contributed by atoms with E-state index in [-0.39, 0.29) is 0 Å².